The number of hydrogen-bond donors (Lipinski definition) is 0. The zero-order valence-electron chi connectivity index (χ0n) is 16.2. The average molecular weight is 380 g/mol. The van der Waals surface area contributed by atoms with Crippen LogP contribution in [0.5, 0.6) is 0 Å². The molecule has 1 aliphatic heterocycles. The summed E-state index contributed by atoms with van der Waals surface area (Å²) in [5.41, 5.74) is 7.19. The molecule has 0 nitrogen and oxygen atoms in total. The summed E-state index contributed by atoms with van der Waals surface area (Å²) in [7, 11) is 0.0165. The van der Waals surface area contributed by atoms with Crippen LogP contribution in [0.3, 0.4) is 0 Å². The molecule has 0 amide bonds. The van der Waals surface area contributed by atoms with Gasteiger partial charge >= 0.3 is 0 Å². The van der Waals surface area contributed by atoms with Crippen LogP contribution in [0.15, 0.2) is 72.8 Å². The van der Waals surface area contributed by atoms with E-state index in [0.717, 1.165) is 5.66 Å². The first-order valence-electron chi connectivity index (χ1n) is 10.6. The molecule has 6 rings (SSSR count). The SMILES string of the molecule is c1ccc2c3c(ccc2c1)CP(C1CCCC1)Cc1ccc2ccccc2c1-3. The third-order valence-electron chi connectivity index (χ3n) is 6.87. The van der Waals surface area contributed by atoms with Gasteiger partial charge in [0.2, 0.25) is 0 Å². The highest BCUT2D eigenvalue weighted by atomic mass is 31.1. The van der Waals surface area contributed by atoms with Crippen molar-refractivity contribution in [3.05, 3.63) is 83.9 Å². The molecule has 2 aliphatic rings. The van der Waals surface area contributed by atoms with Gasteiger partial charge in [0.1, 0.15) is 0 Å². The van der Waals surface area contributed by atoms with Crippen molar-refractivity contribution in [3.8, 4) is 11.1 Å². The Morgan fingerprint density at radius 3 is 1.61 bits per heavy atom. The van der Waals surface area contributed by atoms with Crippen molar-refractivity contribution in [2.45, 2.75) is 43.7 Å². The van der Waals surface area contributed by atoms with Gasteiger partial charge in [0.15, 0.2) is 0 Å². The van der Waals surface area contributed by atoms with Crippen molar-refractivity contribution in [1.29, 1.82) is 0 Å². The van der Waals surface area contributed by atoms with E-state index in [4.69, 9.17) is 0 Å². The van der Waals surface area contributed by atoms with Gasteiger partial charge in [0.25, 0.3) is 0 Å². The number of rotatable bonds is 1. The first kappa shape index (κ1) is 16.8. The highest BCUT2D eigenvalue weighted by Gasteiger charge is 2.30. The van der Waals surface area contributed by atoms with Gasteiger partial charge in [-0.1, -0.05) is 93.6 Å². The van der Waals surface area contributed by atoms with Crippen LogP contribution in [-0.2, 0) is 12.3 Å². The Morgan fingerprint density at radius 1 is 0.571 bits per heavy atom. The van der Waals surface area contributed by atoms with Crippen LogP contribution in [-0.4, -0.2) is 5.66 Å². The summed E-state index contributed by atoms with van der Waals surface area (Å²) >= 11 is 0. The largest absolute Gasteiger partial charge is 0.0945 e. The van der Waals surface area contributed by atoms with Gasteiger partial charge in [-0.25, -0.2) is 0 Å². The standard InChI is InChI=1S/C27H25P/c1-5-11-24-19(7-1)13-15-21-17-28(23-9-3-4-10-23)18-22-16-14-20-8-2-6-12-25(20)27(22)26(21)24/h1-2,5-8,11-16,23H,3-4,9-10,17-18H2. The van der Waals surface area contributed by atoms with E-state index in [1.165, 1.54) is 70.7 Å². The molecule has 0 atom stereocenters. The van der Waals surface area contributed by atoms with Crippen molar-refractivity contribution < 1.29 is 0 Å². The maximum Gasteiger partial charge on any atom is -0.00606 e. The topological polar surface area (TPSA) is 0 Å². The molecule has 0 spiro atoms. The second-order valence-electron chi connectivity index (χ2n) is 8.48. The van der Waals surface area contributed by atoms with Gasteiger partial charge < -0.3 is 0 Å². The molecule has 28 heavy (non-hydrogen) atoms. The Hall–Kier alpha value is -2.17. The lowest BCUT2D eigenvalue weighted by Gasteiger charge is -2.23. The van der Waals surface area contributed by atoms with Gasteiger partial charge in [-0.05, 0) is 74.6 Å². The van der Waals surface area contributed by atoms with Crippen LogP contribution in [0, 0.1) is 0 Å². The van der Waals surface area contributed by atoms with Crippen molar-refractivity contribution in [1.82, 2.24) is 0 Å². The second kappa shape index (κ2) is 6.71. The number of fused-ring (bicyclic) bond motifs is 7. The quantitative estimate of drug-likeness (QED) is 0.293. The van der Waals surface area contributed by atoms with Crippen LogP contribution < -0.4 is 0 Å². The van der Waals surface area contributed by atoms with E-state index in [2.05, 4.69) is 72.8 Å². The van der Waals surface area contributed by atoms with E-state index >= 15 is 0 Å². The maximum atomic E-state index is 2.44. The molecular formula is C27H25P. The van der Waals surface area contributed by atoms with E-state index in [0.29, 0.717) is 0 Å². The summed E-state index contributed by atoms with van der Waals surface area (Å²) in [6, 6.07) is 27.6. The van der Waals surface area contributed by atoms with Gasteiger partial charge in [-0.2, -0.15) is 0 Å². The van der Waals surface area contributed by atoms with Crippen molar-refractivity contribution in [2.24, 2.45) is 0 Å². The van der Waals surface area contributed by atoms with E-state index in [1.807, 2.05) is 0 Å². The van der Waals surface area contributed by atoms with Crippen LogP contribution in [0.25, 0.3) is 32.7 Å². The summed E-state index contributed by atoms with van der Waals surface area (Å²) in [6.07, 6.45) is 8.39. The summed E-state index contributed by atoms with van der Waals surface area (Å²) < 4.78 is 0. The lowest BCUT2D eigenvalue weighted by molar-refractivity contribution is 0.884. The minimum absolute atomic E-state index is 0.0165. The molecule has 138 valence electrons. The fourth-order valence-electron chi connectivity index (χ4n) is 5.51. The van der Waals surface area contributed by atoms with Crippen molar-refractivity contribution in [3.63, 3.8) is 0 Å². The zero-order valence-corrected chi connectivity index (χ0v) is 17.1. The molecule has 0 aromatic heterocycles. The molecular weight excluding hydrogens is 355 g/mol. The normalized spacial score (nSPS) is 17.6. The van der Waals surface area contributed by atoms with Gasteiger partial charge in [-0.15, -0.1) is 0 Å². The molecule has 0 bridgehead atoms. The third kappa shape index (κ3) is 2.62. The Bertz CT molecular complexity index is 1100. The van der Waals surface area contributed by atoms with Gasteiger partial charge in [0, 0.05) is 0 Å². The fraction of sp³-hybridized carbons (Fsp3) is 0.259. The van der Waals surface area contributed by atoms with Gasteiger partial charge in [0.05, 0.1) is 0 Å². The lowest BCUT2D eigenvalue weighted by Crippen LogP contribution is -2.02. The first-order chi connectivity index (χ1) is 13.9. The highest BCUT2D eigenvalue weighted by Crippen LogP contribution is 2.58. The van der Waals surface area contributed by atoms with Crippen molar-refractivity contribution >= 4 is 29.5 Å². The van der Waals surface area contributed by atoms with E-state index in [-0.39, 0.29) is 7.92 Å². The summed E-state index contributed by atoms with van der Waals surface area (Å²) in [4.78, 5) is 0. The highest BCUT2D eigenvalue weighted by molar-refractivity contribution is 7.56. The monoisotopic (exact) mass is 380 g/mol. The number of hydrogen-bond acceptors (Lipinski definition) is 0. The number of benzene rings is 4. The third-order valence-corrected chi connectivity index (χ3v) is 9.91. The van der Waals surface area contributed by atoms with Crippen LogP contribution in [0.1, 0.15) is 36.8 Å². The minimum Gasteiger partial charge on any atom is -0.0945 e. The molecule has 0 radical (unpaired) electrons. The van der Waals surface area contributed by atoms with E-state index in [1.54, 1.807) is 11.1 Å². The predicted octanol–water partition coefficient (Wildman–Crippen LogP) is 8.10. The Labute approximate surface area is 168 Å². The average Bonchev–Trinajstić information content (AvgIpc) is 3.22. The Kier molecular flexibility index (Phi) is 4.02. The van der Waals surface area contributed by atoms with E-state index < -0.39 is 0 Å². The second-order valence-corrected chi connectivity index (χ2v) is 11.0. The molecule has 4 aromatic rings. The van der Waals surface area contributed by atoms with Crippen LogP contribution in [0.4, 0.5) is 0 Å². The van der Waals surface area contributed by atoms with Crippen LogP contribution in [0.2, 0.25) is 0 Å². The molecule has 0 saturated heterocycles. The molecule has 0 N–H and O–H groups in total. The molecule has 1 aliphatic carbocycles. The van der Waals surface area contributed by atoms with Crippen LogP contribution >= 0.6 is 7.92 Å². The zero-order chi connectivity index (χ0) is 18.5. The molecule has 1 heteroatoms. The molecule has 1 saturated carbocycles. The lowest BCUT2D eigenvalue weighted by atomic mass is 9.88. The first-order valence-corrected chi connectivity index (χ1v) is 12.4. The molecule has 1 fully saturated rings. The molecule has 1 heterocycles. The van der Waals surface area contributed by atoms with Gasteiger partial charge in [-0.3, -0.25) is 0 Å². The summed E-state index contributed by atoms with van der Waals surface area (Å²) in [6.45, 7) is 0. The predicted molar refractivity (Wildman–Crippen MR) is 123 cm³/mol. The molecule has 0 unspecified atom stereocenters. The smallest absolute Gasteiger partial charge is 0.00606 e. The fourth-order valence-corrected chi connectivity index (χ4v) is 8.63. The minimum atomic E-state index is 0.0165. The summed E-state index contributed by atoms with van der Waals surface area (Å²) in [5, 5.41) is 5.60. The van der Waals surface area contributed by atoms with Crippen molar-refractivity contribution in [2.75, 3.05) is 0 Å². The summed E-state index contributed by atoms with van der Waals surface area (Å²) in [5.74, 6) is 0. The maximum absolute atomic E-state index is 2.44. The Balaban J connectivity index is 1.69. The van der Waals surface area contributed by atoms with E-state index in [9.17, 15) is 0 Å². The Morgan fingerprint density at radius 2 is 1.07 bits per heavy atom. The molecule has 4 aromatic carbocycles.